The van der Waals surface area contributed by atoms with Crippen LogP contribution in [0.15, 0.2) is 36.4 Å². The number of aryl methyl sites for hydroxylation is 1. The topological polar surface area (TPSA) is 72.6 Å². The van der Waals surface area contributed by atoms with Crippen LogP contribution in [0.1, 0.15) is 28.4 Å². The summed E-state index contributed by atoms with van der Waals surface area (Å²) in [7, 11) is 1.43. The monoisotopic (exact) mass is 364 g/mol. The van der Waals surface area contributed by atoms with Gasteiger partial charge in [0, 0.05) is 23.0 Å². The van der Waals surface area contributed by atoms with E-state index in [-0.39, 0.29) is 18.8 Å². The summed E-state index contributed by atoms with van der Waals surface area (Å²) >= 11 is 0. The highest BCUT2D eigenvalue weighted by Crippen LogP contribution is 2.39. The highest BCUT2D eigenvalue weighted by molar-refractivity contribution is 5.88. The van der Waals surface area contributed by atoms with Gasteiger partial charge in [0.15, 0.2) is 11.5 Å². The first-order valence-corrected chi connectivity index (χ1v) is 8.98. The minimum absolute atomic E-state index is 0.167. The van der Waals surface area contributed by atoms with Crippen LogP contribution in [0.4, 0.5) is 0 Å². The van der Waals surface area contributed by atoms with E-state index < -0.39 is 6.04 Å². The molecule has 138 valence electrons. The highest BCUT2D eigenvalue weighted by atomic mass is 16.7. The van der Waals surface area contributed by atoms with E-state index in [1.165, 1.54) is 12.7 Å². The lowest BCUT2D eigenvalue weighted by atomic mass is 9.90. The van der Waals surface area contributed by atoms with Gasteiger partial charge in [-0.1, -0.05) is 17.7 Å². The van der Waals surface area contributed by atoms with Gasteiger partial charge in [-0.15, -0.1) is 0 Å². The molecule has 2 aliphatic heterocycles. The molecule has 2 aliphatic rings. The van der Waals surface area contributed by atoms with Crippen molar-refractivity contribution in [3.8, 4) is 11.5 Å². The number of esters is 1. The van der Waals surface area contributed by atoms with Crippen molar-refractivity contribution in [2.75, 3.05) is 13.9 Å². The maximum atomic E-state index is 12.3. The van der Waals surface area contributed by atoms with E-state index in [0.717, 1.165) is 39.2 Å². The third kappa shape index (κ3) is 2.56. The average Bonchev–Trinajstić information content (AvgIpc) is 3.30. The molecule has 0 saturated carbocycles. The Balaban J connectivity index is 1.66. The average molecular weight is 364 g/mol. The van der Waals surface area contributed by atoms with Gasteiger partial charge in [-0.25, -0.2) is 0 Å². The van der Waals surface area contributed by atoms with Gasteiger partial charge in [0.2, 0.25) is 6.79 Å². The fraction of sp³-hybridized carbons (Fsp3) is 0.286. The Morgan fingerprint density at radius 2 is 2.00 bits per heavy atom. The van der Waals surface area contributed by atoms with Gasteiger partial charge in [0.05, 0.1) is 13.2 Å². The maximum absolute atomic E-state index is 12.3. The molecule has 2 N–H and O–H groups in total. The third-order valence-electron chi connectivity index (χ3n) is 5.38. The van der Waals surface area contributed by atoms with Crippen molar-refractivity contribution < 1.29 is 19.0 Å². The van der Waals surface area contributed by atoms with E-state index in [2.05, 4.69) is 35.4 Å². The minimum Gasteiger partial charge on any atom is -0.468 e. The Bertz CT molecular complexity index is 1060. The Kier molecular flexibility index (Phi) is 3.62. The number of fused-ring (bicyclic) bond motifs is 4. The first-order valence-electron chi connectivity index (χ1n) is 8.98. The van der Waals surface area contributed by atoms with Crippen molar-refractivity contribution in [2.24, 2.45) is 0 Å². The molecule has 0 fully saturated rings. The van der Waals surface area contributed by atoms with Crippen LogP contribution in [-0.2, 0) is 16.0 Å². The van der Waals surface area contributed by atoms with Gasteiger partial charge in [-0.05, 0) is 42.3 Å². The van der Waals surface area contributed by atoms with Gasteiger partial charge >= 0.3 is 5.97 Å². The van der Waals surface area contributed by atoms with Crippen LogP contribution < -0.4 is 14.8 Å². The normalized spacial score (nSPS) is 20.5. The lowest BCUT2D eigenvalue weighted by Crippen LogP contribution is -2.45. The molecule has 0 amide bonds. The number of nitrogens with one attached hydrogen (secondary N) is 2. The lowest BCUT2D eigenvalue weighted by molar-refractivity contribution is -0.143. The van der Waals surface area contributed by atoms with Crippen LogP contribution in [0.5, 0.6) is 11.5 Å². The molecule has 0 radical (unpaired) electrons. The fourth-order valence-corrected chi connectivity index (χ4v) is 4.05. The molecule has 0 saturated heterocycles. The Morgan fingerprint density at radius 1 is 1.15 bits per heavy atom. The number of rotatable bonds is 2. The zero-order valence-corrected chi connectivity index (χ0v) is 15.2. The molecule has 27 heavy (non-hydrogen) atoms. The molecular weight excluding hydrogens is 344 g/mol. The Labute approximate surface area is 156 Å². The summed E-state index contributed by atoms with van der Waals surface area (Å²) in [5, 5.41) is 4.60. The SMILES string of the molecule is COC(=O)C1Cc2c([nH]c3ccc(C)cc23)C(c2ccc3c(c2)OCO3)N1. The first kappa shape index (κ1) is 16.2. The van der Waals surface area contributed by atoms with Gasteiger partial charge in [-0.2, -0.15) is 0 Å². The summed E-state index contributed by atoms with van der Waals surface area (Å²) < 4.78 is 16.0. The number of methoxy groups -OCH3 is 1. The number of H-pyrrole nitrogens is 1. The molecule has 0 aliphatic carbocycles. The number of hydrogen-bond acceptors (Lipinski definition) is 5. The van der Waals surface area contributed by atoms with E-state index in [0.29, 0.717) is 6.42 Å². The number of ether oxygens (including phenoxy) is 3. The number of aromatic amines is 1. The quantitative estimate of drug-likeness (QED) is 0.684. The van der Waals surface area contributed by atoms with Crippen molar-refractivity contribution in [3.05, 3.63) is 58.8 Å². The van der Waals surface area contributed by atoms with Crippen LogP contribution in [-0.4, -0.2) is 30.9 Å². The minimum atomic E-state index is -0.405. The number of benzene rings is 2. The summed E-state index contributed by atoms with van der Waals surface area (Å²) in [6, 6.07) is 11.7. The lowest BCUT2D eigenvalue weighted by Gasteiger charge is -2.30. The zero-order chi connectivity index (χ0) is 18.5. The van der Waals surface area contributed by atoms with Crippen LogP contribution >= 0.6 is 0 Å². The Morgan fingerprint density at radius 3 is 2.85 bits per heavy atom. The van der Waals surface area contributed by atoms with Crippen LogP contribution in [0.2, 0.25) is 0 Å². The molecule has 1 aromatic heterocycles. The fourth-order valence-electron chi connectivity index (χ4n) is 4.05. The number of aromatic nitrogens is 1. The summed E-state index contributed by atoms with van der Waals surface area (Å²) in [6.45, 7) is 2.31. The predicted molar refractivity (Wildman–Crippen MR) is 100 cm³/mol. The molecule has 6 nitrogen and oxygen atoms in total. The summed E-state index contributed by atoms with van der Waals surface area (Å²) in [5.74, 6) is 1.21. The van der Waals surface area contributed by atoms with Gasteiger partial charge < -0.3 is 19.2 Å². The molecule has 6 heteroatoms. The van der Waals surface area contributed by atoms with Crippen molar-refractivity contribution in [1.29, 1.82) is 0 Å². The largest absolute Gasteiger partial charge is 0.468 e. The van der Waals surface area contributed by atoms with Gasteiger partial charge in [0.25, 0.3) is 0 Å². The second-order valence-electron chi connectivity index (χ2n) is 7.06. The number of hydrogen-bond donors (Lipinski definition) is 2. The number of carbonyl (C=O) groups is 1. The standard InChI is InChI=1S/C21H20N2O4/c1-11-3-5-15-13(7-11)14-9-16(21(24)25-2)23-19(20(14)22-15)12-4-6-17-18(8-12)27-10-26-17/h3-8,16,19,22-23H,9-10H2,1-2H3. The molecule has 2 unspecified atom stereocenters. The maximum Gasteiger partial charge on any atom is 0.323 e. The van der Waals surface area contributed by atoms with Crippen molar-refractivity contribution in [2.45, 2.75) is 25.4 Å². The molecule has 2 atom stereocenters. The second kappa shape index (κ2) is 6.03. The van der Waals surface area contributed by atoms with Crippen molar-refractivity contribution in [3.63, 3.8) is 0 Å². The van der Waals surface area contributed by atoms with Crippen molar-refractivity contribution in [1.82, 2.24) is 10.3 Å². The van der Waals surface area contributed by atoms with E-state index in [9.17, 15) is 4.79 Å². The molecule has 0 spiro atoms. The zero-order valence-electron chi connectivity index (χ0n) is 15.2. The third-order valence-corrected chi connectivity index (χ3v) is 5.38. The summed E-state index contributed by atoms with van der Waals surface area (Å²) in [5.41, 5.74) is 5.51. The molecule has 3 heterocycles. The molecule has 3 aromatic rings. The Hall–Kier alpha value is -2.99. The summed E-state index contributed by atoms with van der Waals surface area (Å²) in [4.78, 5) is 15.9. The van der Waals surface area contributed by atoms with E-state index in [1.807, 2.05) is 18.2 Å². The summed E-state index contributed by atoms with van der Waals surface area (Å²) in [6.07, 6.45) is 0.590. The first-order chi connectivity index (χ1) is 13.1. The second-order valence-corrected chi connectivity index (χ2v) is 7.06. The van der Waals surface area contributed by atoms with E-state index in [1.54, 1.807) is 0 Å². The van der Waals surface area contributed by atoms with Crippen LogP contribution in [0.3, 0.4) is 0 Å². The van der Waals surface area contributed by atoms with E-state index >= 15 is 0 Å². The highest BCUT2D eigenvalue weighted by Gasteiger charge is 2.35. The van der Waals surface area contributed by atoms with E-state index in [4.69, 9.17) is 14.2 Å². The predicted octanol–water partition coefficient (Wildman–Crippen LogP) is 2.98. The van der Waals surface area contributed by atoms with Gasteiger partial charge in [-0.3, -0.25) is 10.1 Å². The van der Waals surface area contributed by atoms with Gasteiger partial charge in [0.1, 0.15) is 6.04 Å². The molecule has 5 rings (SSSR count). The van der Waals surface area contributed by atoms with Crippen LogP contribution in [0.25, 0.3) is 10.9 Å². The van der Waals surface area contributed by atoms with Crippen molar-refractivity contribution >= 4 is 16.9 Å². The van der Waals surface area contributed by atoms with Crippen LogP contribution in [0, 0.1) is 6.92 Å². The smallest absolute Gasteiger partial charge is 0.323 e. The molecule has 0 bridgehead atoms. The molecule has 2 aromatic carbocycles. The number of carbonyl (C=O) groups excluding carboxylic acids is 1. The molecular formula is C21H20N2O4.